The molecule has 0 spiro atoms. The third-order valence-corrected chi connectivity index (χ3v) is 5.86. The van der Waals surface area contributed by atoms with Crippen molar-refractivity contribution in [3.8, 4) is 0 Å². The molecule has 0 unspecified atom stereocenters. The van der Waals surface area contributed by atoms with Crippen molar-refractivity contribution in [3.63, 3.8) is 0 Å². The fourth-order valence-electron chi connectivity index (χ4n) is 3.64. The number of benzene rings is 1. The maximum atomic E-state index is 12.4. The molecule has 1 aromatic carbocycles. The Labute approximate surface area is 164 Å². The Bertz CT molecular complexity index is 639. The minimum Gasteiger partial charge on any atom is -0.469 e. The molecule has 0 aliphatic heterocycles. The van der Waals surface area contributed by atoms with Gasteiger partial charge in [-0.3, -0.25) is 9.59 Å². The first-order valence-electron chi connectivity index (χ1n) is 8.99. The molecule has 1 fully saturated rings. The first kappa shape index (κ1) is 20.9. The zero-order chi connectivity index (χ0) is 19.2. The van der Waals surface area contributed by atoms with Crippen LogP contribution in [-0.2, 0) is 25.5 Å². The van der Waals surface area contributed by atoms with Crippen molar-refractivity contribution in [3.05, 3.63) is 33.8 Å². The molecule has 0 saturated heterocycles. The molecule has 0 bridgehead atoms. The quantitative estimate of drug-likeness (QED) is 0.679. The van der Waals surface area contributed by atoms with E-state index in [1.807, 2.05) is 25.1 Å². The van der Waals surface area contributed by atoms with Gasteiger partial charge in [-0.25, -0.2) is 0 Å². The minimum absolute atomic E-state index is 0.0755. The molecule has 5 nitrogen and oxygen atoms in total. The summed E-state index contributed by atoms with van der Waals surface area (Å²) in [6.45, 7) is 3.03. The van der Waals surface area contributed by atoms with Crippen LogP contribution in [0.25, 0.3) is 0 Å². The van der Waals surface area contributed by atoms with E-state index in [0.29, 0.717) is 38.3 Å². The lowest BCUT2D eigenvalue weighted by atomic mass is 9.70. The Kier molecular flexibility index (Phi) is 7.65. The van der Waals surface area contributed by atoms with Gasteiger partial charge in [-0.05, 0) is 61.8 Å². The number of carbonyl (C=O) groups excluding carboxylic acids is 2. The molecule has 1 aromatic rings. The Balaban J connectivity index is 1.98. The van der Waals surface area contributed by atoms with E-state index in [1.165, 1.54) is 7.11 Å². The number of hydrogen-bond acceptors (Lipinski definition) is 4. The van der Waals surface area contributed by atoms with Gasteiger partial charge in [0, 0.05) is 24.7 Å². The molecule has 0 aromatic heterocycles. The van der Waals surface area contributed by atoms with Gasteiger partial charge in [0.05, 0.1) is 18.9 Å². The predicted molar refractivity (Wildman–Crippen MR) is 104 cm³/mol. The molecule has 144 valence electrons. The summed E-state index contributed by atoms with van der Waals surface area (Å²) in [5, 5.41) is 2.96. The van der Waals surface area contributed by atoms with Crippen LogP contribution < -0.4 is 5.32 Å². The highest BCUT2D eigenvalue weighted by molar-refractivity contribution is 9.10. The van der Waals surface area contributed by atoms with Crippen molar-refractivity contribution in [1.82, 2.24) is 5.32 Å². The highest BCUT2D eigenvalue weighted by Gasteiger charge is 2.43. The number of nitrogens with one attached hydrogen (secondary N) is 1. The first-order valence-corrected chi connectivity index (χ1v) is 9.78. The number of esters is 1. The minimum atomic E-state index is -0.624. The van der Waals surface area contributed by atoms with Crippen LogP contribution >= 0.6 is 15.9 Å². The molecule has 1 aliphatic carbocycles. The second kappa shape index (κ2) is 9.51. The van der Waals surface area contributed by atoms with Crippen molar-refractivity contribution < 1.29 is 19.1 Å². The largest absolute Gasteiger partial charge is 0.469 e. The summed E-state index contributed by atoms with van der Waals surface area (Å²) < 4.78 is 11.2. The SMILES string of the molecule is COCC1CCC(CNC(=O)Cc2cc(Br)ccc2C)(C(=O)OC)CC1. The highest BCUT2D eigenvalue weighted by Crippen LogP contribution is 2.39. The molecule has 26 heavy (non-hydrogen) atoms. The van der Waals surface area contributed by atoms with Gasteiger partial charge < -0.3 is 14.8 Å². The lowest BCUT2D eigenvalue weighted by Gasteiger charge is -2.37. The number of halogens is 1. The van der Waals surface area contributed by atoms with Gasteiger partial charge in [-0.2, -0.15) is 0 Å². The van der Waals surface area contributed by atoms with E-state index in [1.54, 1.807) is 7.11 Å². The van der Waals surface area contributed by atoms with Gasteiger partial charge in [-0.1, -0.05) is 22.0 Å². The zero-order valence-electron chi connectivity index (χ0n) is 15.8. The molecular weight excluding hydrogens is 398 g/mol. The van der Waals surface area contributed by atoms with Crippen molar-refractivity contribution in [1.29, 1.82) is 0 Å². The average molecular weight is 426 g/mol. The van der Waals surface area contributed by atoms with E-state index in [9.17, 15) is 9.59 Å². The van der Waals surface area contributed by atoms with Crippen molar-refractivity contribution in [2.24, 2.45) is 11.3 Å². The Morgan fingerprint density at radius 2 is 1.96 bits per heavy atom. The maximum absolute atomic E-state index is 12.4. The van der Waals surface area contributed by atoms with Crippen LogP contribution in [0.2, 0.25) is 0 Å². The monoisotopic (exact) mass is 425 g/mol. The second-order valence-electron chi connectivity index (χ2n) is 7.19. The molecule has 0 heterocycles. The van der Waals surface area contributed by atoms with Gasteiger partial charge in [0.1, 0.15) is 0 Å². The summed E-state index contributed by atoms with van der Waals surface area (Å²) in [5.74, 6) is 0.165. The van der Waals surface area contributed by atoms with Crippen molar-refractivity contribution >= 4 is 27.8 Å². The van der Waals surface area contributed by atoms with Crippen LogP contribution in [0.1, 0.15) is 36.8 Å². The number of carbonyl (C=O) groups is 2. The van der Waals surface area contributed by atoms with E-state index in [0.717, 1.165) is 28.4 Å². The van der Waals surface area contributed by atoms with Gasteiger partial charge >= 0.3 is 5.97 Å². The molecule has 2 rings (SSSR count). The first-order chi connectivity index (χ1) is 12.4. The third-order valence-electron chi connectivity index (χ3n) is 5.37. The number of methoxy groups -OCH3 is 2. The Hall–Kier alpha value is -1.40. The fraction of sp³-hybridized carbons (Fsp3) is 0.600. The van der Waals surface area contributed by atoms with Gasteiger partial charge in [0.25, 0.3) is 0 Å². The van der Waals surface area contributed by atoms with Crippen molar-refractivity contribution in [2.45, 2.75) is 39.0 Å². The maximum Gasteiger partial charge on any atom is 0.313 e. The van der Waals surface area contributed by atoms with Gasteiger partial charge in [0.15, 0.2) is 0 Å². The lowest BCUT2D eigenvalue weighted by Crippen LogP contribution is -2.46. The standard InChI is InChI=1S/C20H28BrNO4/c1-14-4-5-17(21)10-16(14)11-18(23)22-13-20(19(24)26-3)8-6-15(7-9-20)12-25-2/h4-5,10,15H,6-9,11-13H2,1-3H3,(H,22,23). The number of ether oxygens (including phenoxy) is 2. The van der Waals surface area contributed by atoms with Gasteiger partial charge in [0.2, 0.25) is 5.91 Å². The van der Waals surface area contributed by atoms with Crippen LogP contribution in [0.5, 0.6) is 0 Å². The molecule has 0 radical (unpaired) electrons. The molecule has 1 saturated carbocycles. The number of amides is 1. The Morgan fingerprint density at radius 1 is 1.27 bits per heavy atom. The Morgan fingerprint density at radius 3 is 2.58 bits per heavy atom. The summed E-state index contributed by atoms with van der Waals surface area (Å²) in [7, 11) is 3.12. The van der Waals surface area contributed by atoms with E-state index in [4.69, 9.17) is 9.47 Å². The van der Waals surface area contributed by atoms with Crippen molar-refractivity contribution in [2.75, 3.05) is 27.4 Å². The van der Waals surface area contributed by atoms with Crippen LogP contribution in [0, 0.1) is 18.3 Å². The molecule has 0 atom stereocenters. The summed E-state index contributed by atoms with van der Waals surface area (Å²) in [4.78, 5) is 24.9. The number of rotatable bonds is 7. The average Bonchev–Trinajstić information content (AvgIpc) is 2.64. The lowest BCUT2D eigenvalue weighted by molar-refractivity contribution is -0.155. The topological polar surface area (TPSA) is 64.6 Å². The number of aryl methyl sites for hydroxylation is 1. The smallest absolute Gasteiger partial charge is 0.313 e. The zero-order valence-corrected chi connectivity index (χ0v) is 17.4. The van der Waals surface area contributed by atoms with Crippen LogP contribution in [0.4, 0.5) is 0 Å². The normalized spacial score (nSPS) is 22.7. The summed E-state index contributed by atoms with van der Waals surface area (Å²) in [5.41, 5.74) is 1.43. The third kappa shape index (κ3) is 5.30. The number of hydrogen-bond donors (Lipinski definition) is 1. The molecule has 1 aliphatic rings. The fourth-order valence-corrected chi connectivity index (χ4v) is 4.04. The predicted octanol–water partition coefficient (Wildman–Crippen LogP) is 3.41. The van der Waals surface area contributed by atoms with E-state index < -0.39 is 5.41 Å². The van der Waals surface area contributed by atoms with E-state index >= 15 is 0 Å². The van der Waals surface area contributed by atoms with E-state index in [-0.39, 0.29) is 11.9 Å². The van der Waals surface area contributed by atoms with Gasteiger partial charge in [-0.15, -0.1) is 0 Å². The van der Waals surface area contributed by atoms with E-state index in [2.05, 4.69) is 21.2 Å². The summed E-state index contributed by atoms with van der Waals surface area (Å²) in [6, 6.07) is 5.90. The molecule has 6 heteroatoms. The molecular formula is C20H28BrNO4. The highest BCUT2D eigenvalue weighted by atomic mass is 79.9. The summed E-state index contributed by atoms with van der Waals surface area (Å²) in [6.07, 6.45) is 3.54. The summed E-state index contributed by atoms with van der Waals surface area (Å²) >= 11 is 3.44. The second-order valence-corrected chi connectivity index (χ2v) is 8.11. The molecule has 1 N–H and O–H groups in total. The molecule has 1 amide bonds. The van der Waals surface area contributed by atoms with Crippen LogP contribution in [-0.4, -0.2) is 39.2 Å². The van der Waals surface area contributed by atoms with Crippen LogP contribution in [0.15, 0.2) is 22.7 Å². The van der Waals surface area contributed by atoms with Crippen LogP contribution in [0.3, 0.4) is 0 Å².